The van der Waals surface area contributed by atoms with E-state index in [0.29, 0.717) is 24.6 Å². The van der Waals surface area contributed by atoms with E-state index in [1.807, 2.05) is 20.8 Å². The van der Waals surface area contributed by atoms with Gasteiger partial charge in [-0.2, -0.15) is 0 Å². The minimum atomic E-state index is -3.66. The van der Waals surface area contributed by atoms with Crippen LogP contribution in [0.15, 0.2) is 23.1 Å². The Bertz CT molecular complexity index is 559. The highest BCUT2D eigenvalue weighted by molar-refractivity contribution is 7.89. The summed E-state index contributed by atoms with van der Waals surface area (Å²) in [4.78, 5) is 0.0507. The Morgan fingerprint density at radius 2 is 2.00 bits per heavy atom. The van der Waals surface area contributed by atoms with Gasteiger partial charge in [-0.3, -0.25) is 0 Å². The third kappa shape index (κ3) is 5.05. The third-order valence-corrected chi connectivity index (χ3v) is 5.24. The lowest BCUT2D eigenvalue weighted by Gasteiger charge is -2.20. The average Bonchev–Trinajstić information content (AvgIpc) is 2.43. The molecule has 1 N–H and O–H groups in total. The number of rotatable bonds is 8. The monoisotopic (exact) mass is 316 g/mol. The van der Waals surface area contributed by atoms with Crippen molar-refractivity contribution in [2.24, 2.45) is 5.92 Å². The van der Waals surface area contributed by atoms with Gasteiger partial charge >= 0.3 is 0 Å². The molecule has 4 nitrogen and oxygen atoms in total. The molecule has 0 radical (unpaired) electrons. The fourth-order valence-corrected chi connectivity index (χ4v) is 3.32. The highest BCUT2D eigenvalue weighted by Crippen LogP contribution is 2.21. The van der Waals surface area contributed by atoms with Crippen LogP contribution in [0.25, 0.3) is 0 Å². The van der Waals surface area contributed by atoms with Crippen LogP contribution in [-0.4, -0.2) is 32.9 Å². The highest BCUT2D eigenvalue weighted by atomic mass is 32.2. The van der Waals surface area contributed by atoms with Crippen molar-refractivity contribution >= 4 is 10.0 Å². The molecule has 0 saturated carbocycles. The molecule has 0 bridgehead atoms. The van der Waals surface area contributed by atoms with Crippen molar-refractivity contribution in [2.45, 2.75) is 38.6 Å². The molecule has 21 heavy (non-hydrogen) atoms. The van der Waals surface area contributed by atoms with Gasteiger partial charge in [0.25, 0.3) is 0 Å². The molecule has 0 saturated heterocycles. The second-order valence-electron chi connectivity index (χ2n) is 5.54. The van der Waals surface area contributed by atoms with E-state index in [1.165, 1.54) is 16.4 Å². The van der Waals surface area contributed by atoms with E-state index >= 15 is 0 Å². The summed E-state index contributed by atoms with van der Waals surface area (Å²) in [5, 5.41) is 3.08. The SMILES string of the molecule is CCNCc1ccc(F)cc1S(=O)(=O)N(C)CCC(C)C. The van der Waals surface area contributed by atoms with E-state index in [0.717, 1.165) is 19.0 Å². The van der Waals surface area contributed by atoms with E-state index in [4.69, 9.17) is 0 Å². The Kier molecular flexibility index (Phi) is 6.77. The van der Waals surface area contributed by atoms with Crippen LogP contribution in [0.2, 0.25) is 0 Å². The molecular weight excluding hydrogens is 291 g/mol. The molecule has 0 atom stereocenters. The number of nitrogens with zero attached hydrogens (tertiary/aromatic N) is 1. The van der Waals surface area contributed by atoms with E-state index < -0.39 is 15.8 Å². The van der Waals surface area contributed by atoms with Crippen molar-refractivity contribution in [1.82, 2.24) is 9.62 Å². The zero-order chi connectivity index (χ0) is 16.0. The van der Waals surface area contributed by atoms with Gasteiger partial charge in [0, 0.05) is 20.1 Å². The zero-order valence-electron chi connectivity index (χ0n) is 13.2. The molecule has 0 aromatic heterocycles. The summed E-state index contributed by atoms with van der Waals surface area (Å²) in [5.74, 6) is -0.123. The Morgan fingerprint density at radius 3 is 2.57 bits per heavy atom. The third-order valence-electron chi connectivity index (χ3n) is 3.30. The van der Waals surface area contributed by atoms with Crippen LogP contribution in [0, 0.1) is 11.7 Å². The van der Waals surface area contributed by atoms with E-state index in [1.54, 1.807) is 7.05 Å². The Morgan fingerprint density at radius 1 is 1.33 bits per heavy atom. The maximum Gasteiger partial charge on any atom is 0.243 e. The van der Waals surface area contributed by atoms with Crippen LogP contribution < -0.4 is 5.32 Å². The fraction of sp³-hybridized carbons (Fsp3) is 0.600. The Labute approximate surface area is 127 Å². The molecule has 0 amide bonds. The van der Waals surface area contributed by atoms with Crippen LogP contribution in [0.3, 0.4) is 0 Å². The quantitative estimate of drug-likeness (QED) is 0.802. The van der Waals surface area contributed by atoms with Crippen molar-refractivity contribution in [3.8, 4) is 0 Å². The minimum Gasteiger partial charge on any atom is -0.313 e. The first-order valence-corrected chi connectivity index (χ1v) is 8.68. The molecule has 0 unspecified atom stereocenters. The lowest BCUT2D eigenvalue weighted by molar-refractivity contribution is 0.427. The second-order valence-corrected chi connectivity index (χ2v) is 7.55. The van der Waals surface area contributed by atoms with Crippen molar-refractivity contribution < 1.29 is 12.8 Å². The van der Waals surface area contributed by atoms with Crippen LogP contribution in [-0.2, 0) is 16.6 Å². The van der Waals surface area contributed by atoms with Gasteiger partial charge in [-0.05, 0) is 36.6 Å². The van der Waals surface area contributed by atoms with E-state index in [2.05, 4.69) is 5.32 Å². The van der Waals surface area contributed by atoms with Gasteiger partial charge in [0.05, 0.1) is 4.90 Å². The van der Waals surface area contributed by atoms with Gasteiger partial charge < -0.3 is 5.32 Å². The second kappa shape index (κ2) is 7.87. The summed E-state index contributed by atoms with van der Waals surface area (Å²) >= 11 is 0. The van der Waals surface area contributed by atoms with Gasteiger partial charge in [-0.15, -0.1) is 0 Å². The number of nitrogens with one attached hydrogen (secondary N) is 1. The smallest absolute Gasteiger partial charge is 0.243 e. The molecule has 0 aliphatic heterocycles. The molecule has 120 valence electrons. The first kappa shape index (κ1) is 18.1. The summed E-state index contributed by atoms with van der Waals surface area (Å²) in [6.07, 6.45) is 0.771. The lowest BCUT2D eigenvalue weighted by Crippen LogP contribution is -2.30. The minimum absolute atomic E-state index is 0.0507. The summed E-state index contributed by atoms with van der Waals surface area (Å²) in [6.45, 7) is 7.57. The largest absolute Gasteiger partial charge is 0.313 e. The van der Waals surface area contributed by atoms with Crippen LogP contribution >= 0.6 is 0 Å². The number of hydrogen-bond acceptors (Lipinski definition) is 3. The predicted molar refractivity (Wildman–Crippen MR) is 83.1 cm³/mol. The number of halogens is 1. The molecule has 6 heteroatoms. The van der Waals surface area contributed by atoms with Gasteiger partial charge in [0.2, 0.25) is 10.0 Å². The Balaban J connectivity index is 3.08. The molecule has 0 heterocycles. The first-order valence-electron chi connectivity index (χ1n) is 7.24. The van der Waals surface area contributed by atoms with Crippen LogP contribution in [0.1, 0.15) is 32.8 Å². The maximum absolute atomic E-state index is 13.5. The molecule has 1 aromatic carbocycles. The number of sulfonamides is 1. The summed E-state index contributed by atoms with van der Waals surface area (Å²) < 4.78 is 40.0. The average molecular weight is 316 g/mol. The van der Waals surface area contributed by atoms with E-state index in [9.17, 15) is 12.8 Å². The highest BCUT2D eigenvalue weighted by Gasteiger charge is 2.24. The molecule has 1 rings (SSSR count). The number of hydrogen-bond donors (Lipinski definition) is 1. The molecular formula is C15H25FN2O2S. The van der Waals surface area contributed by atoms with Crippen LogP contribution in [0.4, 0.5) is 4.39 Å². The van der Waals surface area contributed by atoms with Gasteiger partial charge in [0.15, 0.2) is 0 Å². The van der Waals surface area contributed by atoms with Crippen molar-refractivity contribution in [1.29, 1.82) is 0 Å². The lowest BCUT2D eigenvalue weighted by atomic mass is 10.1. The predicted octanol–water partition coefficient (Wildman–Crippen LogP) is 2.60. The summed E-state index contributed by atoms with van der Waals surface area (Å²) in [6, 6.07) is 3.93. The summed E-state index contributed by atoms with van der Waals surface area (Å²) in [7, 11) is -2.12. The van der Waals surface area contributed by atoms with Crippen LogP contribution in [0.5, 0.6) is 0 Å². The summed E-state index contributed by atoms with van der Waals surface area (Å²) in [5.41, 5.74) is 0.592. The van der Waals surface area contributed by atoms with Gasteiger partial charge in [-0.1, -0.05) is 26.8 Å². The van der Waals surface area contributed by atoms with Crippen molar-refractivity contribution in [3.05, 3.63) is 29.6 Å². The number of benzene rings is 1. The molecule has 0 spiro atoms. The molecule has 0 aliphatic carbocycles. The fourth-order valence-electron chi connectivity index (χ4n) is 1.90. The van der Waals surface area contributed by atoms with Crippen molar-refractivity contribution in [2.75, 3.05) is 20.1 Å². The molecule has 0 aliphatic rings. The first-order chi connectivity index (χ1) is 9.78. The van der Waals surface area contributed by atoms with Gasteiger partial charge in [0.1, 0.15) is 5.82 Å². The van der Waals surface area contributed by atoms with Crippen molar-refractivity contribution in [3.63, 3.8) is 0 Å². The zero-order valence-corrected chi connectivity index (χ0v) is 14.0. The maximum atomic E-state index is 13.5. The van der Waals surface area contributed by atoms with E-state index in [-0.39, 0.29) is 4.90 Å². The standard InChI is InChI=1S/C15H25FN2O2S/c1-5-17-11-13-6-7-14(16)10-15(13)21(19,20)18(4)9-8-12(2)3/h6-7,10,12,17H,5,8-9,11H2,1-4H3. The molecule has 1 aromatic rings. The topological polar surface area (TPSA) is 49.4 Å². The normalized spacial score (nSPS) is 12.3. The Hall–Kier alpha value is -0.980. The molecule has 0 fully saturated rings. The van der Waals surface area contributed by atoms with Gasteiger partial charge in [-0.25, -0.2) is 17.1 Å².